The number of rotatable bonds is 7. The molecule has 0 aromatic heterocycles. The minimum atomic E-state index is -0.309. The first kappa shape index (κ1) is 21.7. The second-order valence-corrected chi connectivity index (χ2v) is 8.71. The third kappa shape index (κ3) is 4.87. The number of carbonyl (C=O) groups is 1. The Hall–Kier alpha value is -2.53. The summed E-state index contributed by atoms with van der Waals surface area (Å²) in [6.07, 6.45) is 8.12. The zero-order valence-corrected chi connectivity index (χ0v) is 18.5. The van der Waals surface area contributed by atoms with E-state index < -0.39 is 0 Å². The SMILES string of the molecule is CN(C)C1(Cc2ccccc2)C=C(C2CNCCO2)C=CC1CC(=O)c1ccccc1. The molecule has 0 spiro atoms. The molecular weight excluding hydrogens is 384 g/mol. The van der Waals surface area contributed by atoms with Crippen LogP contribution in [-0.2, 0) is 11.2 Å². The Labute approximate surface area is 185 Å². The van der Waals surface area contributed by atoms with Gasteiger partial charge in [-0.25, -0.2) is 0 Å². The average molecular weight is 417 g/mol. The van der Waals surface area contributed by atoms with Gasteiger partial charge in [0.15, 0.2) is 5.78 Å². The monoisotopic (exact) mass is 416 g/mol. The molecule has 1 aliphatic heterocycles. The van der Waals surface area contributed by atoms with Crippen molar-refractivity contribution in [1.82, 2.24) is 10.2 Å². The van der Waals surface area contributed by atoms with Crippen LogP contribution in [0.3, 0.4) is 0 Å². The molecule has 3 unspecified atom stereocenters. The van der Waals surface area contributed by atoms with E-state index in [4.69, 9.17) is 4.74 Å². The van der Waals surface area contributed by atoms with E-state index in [1.165, 1.54) is 11.1 Å². The molecule has 1 fully saturated rings. The summed E-state index contributed by atoms with van der Waals surface area (Å²) in [5.74, 6) is 0.248. The number of likely N-dealkylation sites (N-methyl/N-ethyl adjacent to an activating group) is 1. The second kappa shape index (κ2) is 9.73. The highest BCUT2D eigenvalue weighted by molar-refractivity contribution is 5.96. The minimum Gasteiger partial charge on any atom is -0.371 e. The molecule has 1 heterocycles. The lowest BCUT2D eigenvalue weighted by atomic mass is 9.70. The van der Waals surface area contributed by atoms with Crippen molar-refractivity contribution in [3.63, 3.8) is 0 Å². The molecule has 0 amide bonds. The largest absolute Gasteiger partial charge is 0.371 e. The molecule has 2 aromatic carbocycles. The molecule has 1 saturated heterocycles. The van der Waals surface area contributed by atoms with Crippen molar-refractivity contribution in [1.29, 1.82) is 0 Å². The number of hydrogen-bond donors (Lipinski definition) is 1. The molecule has 4 heteroatoms. The van der Waals surface area contributed by atoms with Crippen LogP contribution >= 0.6 is 0 Å². The number of nitrogens with zero attached hydrogens (tertiary/aromatic N) is 1. The van der Waals surface area contributed by atoms with Crippen molar-refractivity contribution in [2.24, 2.45) is 5.92 Å². The summed E-state index contributed by atoms with van der Waals surface area (Å²) in [6, 6.07) is 20.2. The molecule has 2 aromatic rings. The summed E-state index contributed by atoms with van der Waals surface area (Å²) in [4.78, 5) is 15.4. The number of Topliss-reactive ketones (excluding diaryl/α,β-unsaturated/α-hetero) is 1. The molecule has 3 atom stereocenters. The molecule has 4 nitrogen and oxygen atoms in total. The highest BCUT2D eigenvalue weighted by atomic mass is 16.5. The quantitative estimate of drug-likeness (QED) is 0.695. The van der Waals surface area contributed by atoms with E-state index in [1.54, 1.807) is 0 Å². The first-order valence-corrected chi connectivity index (χ1v) is 11.1. The molecule has 1 N–H and O–H groups in total. The van der Waals surface area contributed by atoms with Crippen molar-refractivity contribution >= 4 is 5.78 Å². The Balaban J connectivity index is 1.69. The van der Waals surface area contributed by atoms with Gasteiger partial charge in [0.05, 0.1) is 12.7 Å². The summed E-state index contributed by atoms with van der Waals surface area (Å²) >= 11 is 0. The topological polar surface area (TPSA) is 41.6 Å². The average Bonchev–Trinajstić information content (AvgIpc) is 2.82. The highest BCUT2D eigenvalue weighted by Gasteiger charge is 2.42. The van der Waals surface area contributed by atoms with Gasteiger partial charge in [0.2, 0.25) is 0 Å². The lowest BCUT2D eigenvalue weighted by molar-refractivity contribution is 0.0505. The van der Waals surface area contributed by atoms with E-state index >= 15 is 0 Å². The number of benzene rings is 2. The molecule has 1 aliphatic carbocycles. The highest BCUT2D eigenvalue weighted by Crippen LogP contribution is 2.38. The molecule has 4 rings (SSSR count). The zero-order valence-electron chi connectivity index (χ0n) is 18.5. The number of morpholine rings is 1. The van der Waals surface area contributed by atoms with Crippen molar-refractivity contribution in [3.8, 4) is 0 Å². The van der Waals surface area contributed by atoms with Crippen LogP contribution in [0.4, 0.5) is 0 Å². The maximum Gasteiger partial charge on any atom is 0.163 e. The molecule has 0 radical (unpaired) electrons. The number of ether oxygens (including phenoxy) is 1. The van der Waals surface area contributed by atoms with Crippen LogP contribution in [0, 0.1) is 5.92 Å². The molecule has 162 valence electrons. The van der Waals surface area contributed by atoms with Gasteiger partial charge in [0.1, 0.15) is 0 Å². The number of hydrogen-bond acceptors (Lipinski definition) is 4. The van der Waals surface area contributed by atoms with Crippen LogP contribution in [0.25, 0.3) is 0 Å². The maximum atomic E-state index is 13.2. The van der Waals surface area contributed by atoms with Crippen LogP contribution in [-0.4, -0.2) is 56.1 Å². The fourth-order valence-corrected chi connectivity index (χ4v) is 4.73. The van der Waals surface area contributed by atoms with Gasteiger partial charge in [-0.2, -0.15) is 0 Å². The van der Waals surface area contributed by atoms with Gasteiger partial charge in [-0.1, -0.05) is 78.9 Å². The van der Waals surface area contributed by atoms with Crippen LogP contribution in [0.2, 0.25) is 0 Å². The Kier molecular flexibility index (Phi) is 6.81. The maximum absolute atomic E-state index is 13.2. The van der Waals surface area contributed by atoms with E-state index in [1.807, 2.05) is 36.4 Å². The lowest BCUT2D eigenvalue weighted by Crippen LogP contribution is -2.53. The summed E-state index contributed by atoms with van der Waals surface area (Å²) in [6.45, 7) is 2.43. The first-order valence-electron chi connectivity index (χ1n) is 11.1. The van der Waals surface area contributed by atoms with E-state index in [9.17, 15) is 4.79 Å². The van der Waals surface area contributed by atoms with E-state index in [0.29, 0.717) is 6.42 Å². The fraction of sp³-hybridized carbons (Fsp3) is 0.370. The van der Waals surface area contributed by atoms with Gasteiger partial charge in [0, 0.05) is 36.5 Å². The van der Waals surface area contributed by atoms with E-state index in [2.05, 4.69) is 66.8 Å². The van der Waals surface area contributed by atoms with Gasteiger partial charge >= 0.3 is 0 Å². The Bertz CT molecular complexity index is 930. The summed E-state index contributed by atoms with van der Waals surface area (Å²) in [5.41, 5.74) is 2.93. The normalized spacial score (nSPS) is 26.0. The molecule has 31 heavy (non-hydrogen) atoms. The molecule has 0 bridgehead atoms. The number of ketones is 1. The van der Waals surface area contributed by atoms with Crippen LogP contribution in [0.5, 0.6) is 0 Å². The van der Waals surface area contributed by atoms with Gasteiger partial charge in [-0.15, -0.1) is 0 Å². The number of nitrogens with one attached hydrogen (secondary N) is 1. The molecule has 0 saturated carbocycles. The van der Waals surface area contributed by atoms with Crippen LogP contribution < -0.4 is 5.32 Å². The summed E-state index contributed by atoms with van der Waals surface area (Å²) in [5, 5.41) is 3.44. The standard InChI is InChI=1S/C27H32N2O2/c1-29(2)27(18-21-9-5-3-6-10-21)19-23(26-20-28-15-16-31-26)13-14-24(27)17-25(30)22-11-7-4-8-12-22/h3-14,19,24,26,28H,15-18,20H2,1-2H3. The molecule has 2 aliphatic rings. The van der Waals surface area contributed by atoms with Crippen molar-refractivity contribution in [2.45, 2.75) is 24.5 Å². The zero-order chi connectivity index (χ0) is 21.7. The van der Waals surface area contributed by atoms with Crippen molar-refractivity contribution in [3.05, 3.63) is 95.6 Å². The fourth-order valence-electron chi connectivity index (χ4n) is 4.73. The minimum absolute atomic E-state index is 0.0471. The second-order valence-electron chi connectivity index (χ2n) is 8.71. The van der Waals surface area contributed by atoms with Crippen molar-refractivity contribution in [2.75, 3.05) is 33.8 Å². The van der Waals surface area contributed by atoms with Crippen LogP contribution in [0.1, 0.15) is 22.3 Å². The van der Waals surface area contributed by atoms with Gasteiger partial charge in [0.25, 0.3) is 0 Å². The summed E-state index contributed by atoms with van der Waals surface area (Å²) in [7, 11) is 4.24. The molecular formula is C27H32N2O2. The van der Waals surface area contributed by atoms with Gasteiger partial charge in [-0.3, -0.25) is 9.69 Å². The summed E-state index contributed by atoms with van der Waals surface area (Å²) < 4.78 is 6.06. The third-order valence-electron chi connectivity index (χ3n) is 6.54. The lowest BCUT2D eigenvalue weighted by Gasteiger charge is -2.46. The van der Waals surface area contributed by atoms with Gasteiger partial charge in [-0.05, 0) is 31.7 Å². The predicted octanol–water partition coefficient (Wildman–Crippen LogP) is 3.90. The third-order valence-corrected chi connectivity index (χ3v) is 6.54. The smallest absolute Gasteiger partial charge is 0.163 e. The van der Waals surface area contributed by atoms with E-state index in [0.717, 1.165) is 31.7 Å². The van der Waals surface area contributed by atoms with Crippen molar-refractivity contribution < 1.29 is 9.53 Å². The Morgan fingerprint density at radius 3 is 2.45 bits per heavy atom. The van der Waals surface area contributed by atoms with Gasteiger partial charge < -0.3 is 10.1 Å². The Morgan fingerprint density at radius 2 is 1.81 bits per heavy atom. The van der Waals surface area contributed by atoms with Crippen LogP contribution in [0.15, 0.2) is 84.5 Å². The predicted molar refractivity (Wildman–Crippen MR) is 125 cm³/mol. The Morgan fingerprint density at radius 1 is 1.10 bits per heavy atom. The van der Waals surface area contributed by atoms with E-state index in [-0.39, 0.29) is 23.3 Å². The first-order chi connectivity index (χ1) is 15.1. The number of carbonyl (C=O) groups excluding carboxylic acids is 1.